The Morgan fingerprint density at radius 1 is 1.08 bits per heavy atom. The summed E-state index contributed by atoms with van der Waals surface area (Å²) in [7, 11) is 0. The van der Waals surface area contributed by atoms with Crippen molar-refractivity contribution in [1.82, 2.24) is 9.38 Å². The van der Waals surface area contributed by atoms with Crippen LogP contribution < -0.4 is 9.64 Å². The van der Waals surface area contributed by atoms with Crippen LogP contribution in [0.3, 0.4) is 0 Å². The lowest BCUT2D eigenvalue weighted by Crippen LogP contribution is -2.46. The number of aromatic nitrogens is 2. The van der Waals surface area contributed by atoms with Crippen LogP contribution in [0, 0.1) is 18.6 Å². The lowest BCUT2D eigenvalue weighted by molar-refractivity contribution is -0.160. The molecule has 0 amide bonds. The van der Waals surface area contributed by atoms with Gasteiger partial charge in [-0.3, -0.25) is 4.40 Å². The third-order valence-corrected chi connectivity index (χ3v) is 9.57. The second-order valence-electron chi connectivity index (χ2n) is 14.9. The van der Waals surface area contributed by atoms with Gasteiger partial charge in [0.05, 0.1) is 42.8 Å². The lowest BCUT2D eigenvalue weighted by atomic mass is 9.91. The quantitative estimate of drug-likeness (QED) is 0.209. The third-order valence-electron chi connectivity index (χ3n) is 9.57. The summed E-state index contributed by atoms with van der Waals surface area (Å²) in [5, 5.41) is 21.8. The summed E-state index contributed by atoms with van der Waals surface area (Å²) >= 11 is 0. The number of halogens is 2. The highest BCUT2D eigenvalue weighted by atomic mass is 19.2. The minimum atomic E-state index is -1.35. The highest BCUT2D eigenvalue weighted by Crippen LogP contribution is 2.43. The lowest BCUT2D eigenvalue weighted by Gasteiger charge is -2.42. The Morgan fingerprint density at radius 3 is 2.43 bits per heavy atom. The molecule has 3 aliphatic rings. The molecule has 2 aromatic heterocycles. The third kappa shape index (κ3) is 7.60. The molecule has 51 heavy (non-hydrogen) atoms. The summed E-state index contributed by atoms with van der Waals surface area (Å²) in [4.78, 5) is 20.2. The number of aliphatic hydroxyl groups is 1. The number of carboxylic acid groups (broad SMARTS) is 1. The van der Waals surface area contributed by atoms with Crippen LogP contribution in [0.2, 0.25) is 0 Å². The average molecular weight is 708 g/mol. The maximum Gasteiger partial charge on any atom is 0.337 e. The van der Waals surface area contributed by atoms with E-state index in [4.69, 9.17) is 23.9 Å². The first-order valence-electron chi connectivity index (χ1n) is 17.4. The molecule has 1 fully saturated rings. The number of carbonyl (C=O) groups is 1. The fourth-order valence-electron chi connectivity index (χ4n) is 7.08. The first-order valence-corrected chi connectivity index (χ1v) is 17.4. The second kappa shape index (κ2) is 14.1. The zero-order valence-corrected chi connectivity index (χ0v) is 30.3. The van der Waals surface area contributed by atoms with E-state index in [-0.39, 0.29) is 12.4 Å². The van der Waals surface area contributed by atoms with Crippen LogP contribution >= 0.6 is 0 Å². The van der Waals surface area contributed by atoms with E-state index < -0.39 is 47.1 Å². The molecule has 2 N–H and O–H groups in total. The van der Waals surface area contributed by atoms with Gasteiger partial charge in [-0.05, 0) is 84.6 Å². The van der Waals surface area contributed by atoms with Gasteiger partial charge in [0.15, 0.2) is 17.7 Å². The molecule has 0 aliphatic carbocycles. The molecule has 0 radical (unpaired) electrons. The molecule has 1 saturated heterocycles. The Bertz CT molecular complexity index is 1930. The van der Waals surface area contributed by atoms with E-state index in [1.54, 1.807) is 26.0 Å². The number of ether oxygens (including phenoxy) is 4. The van der Waals surface area contributed by atoms with E-state index in [1.807, 2.05) is 50.4 Å². The molecule has 12 heteroatoms. The van der Waals surface area contributed by atoms with Crippen LogP contribution in [0.25, 0.3) is 28.0 Å². The maximum absolute atomic E-state index is 14.7. The molecule has 274 valence electrons. The number of fused-ring (bicyclic) bond motifs is 8. The smallest absolute Gasteiger partial charge is 0.337 e. The van der Waals surface area contributed by atoms with Gasteiger partial charge in [0.1, 0.15) is 23.3 Å². The van der Waals surface area contributed by atoms with Crippen molar-refractivity contribution in [3.8, 4) is 28.1 Å². The first kappa shape index (κ1) is 36.7. The SMILES string of the molecule is Cc1c([C@H](OC(C)(C)C)C(=O)O)c2n3cc(nc3c1C(C)O)-c1cccc(c1)-c1cc(F)c(F)cc1O[C@@H](C)COCCOC1(C)CCN2CC1. The van der Waals surface area contributed by atoms with Gasteiger partial charge in [-0.15, -0.1) is 0 Å². The van der Waals surface area contributed by atoms with E-state index in [0.717, 1.165) is 12.1 Å². The molecule has 3 aliphatic heterocycles. The molecule has 10 nitrogen and oxygen atoms in total. The molecule has 4 aromatic rings. The Kier molecular flexibility index (Phi) is 10.2. The first-order chi connectivity index (χ1) is 24.0. The number of hydrogen-bond acceptors (Lipinski definition) is 8. The summed E-state index contributed by atoms with van der Waals surface area (Å²) in [6.45, 7) is 14.7. The van der Waals surface area contributed by atoms with Crippen molar-refractivity contribution in [3.05, 3.63) is 70.9 Å². The Labute approximate surface area is 296 Å². The summed E-state index contributed by atoms with van der Waals surface area (Å²) in [6, 6.07) is 9.42. The van der Waals surface area contributed by atoms with Crippen molar-refractivity contribution in [1.29, 1.82) is 0 Å². The number of imidazole rings is 1. The van der Waals surface area contributed by atoms with Crippen LogP contribution in [-0.2, 0) is 19.0 Å². The van der Waals surface area contributed by atoms with Crippen LogP contribution in [-0.4, -0.2) is 75.8 Å². The second-order valence-corrected chi connectivity index (χ2v) is 14.9. The fraction of sp³-hybridized carbons (Fsp3) is 0.487. The minimum absolute atomic E-state index is 0.165. The van der Waals surface area contributed by atoms with E-state index in [1.165, 1.54) is 0 Å². The van der Waals surface area contributed by atoms with Crippen molar-refractivity contribution in [2.75, 3.05) is 37.8 Å². The van der Waals surface area contributed by atoms with Gasteiger partial charge in [0.2, 0.25) is 0 Å². The summed E-state index contributed by atoms with van der Waals surface area (Å²) in [5.74, 6) is -2.41. The van der Waals surface area contributed by atoms with Crippen molar-refractivity contribution in [3.63, 3.8) is 0 Å². The number of rotatable bonds is 4. The number of piperidine rings is 1. The number of benzene rings is 2. The molecule has 0 saturated carbocycles. The van der Waals surface area contributed by atoms with E-state index in [9.17, 15) is 23.8 Å². The monoisotopic (exact) mass is 707 g/mol. The molecular weight excluding hydrogens is 660 g/mol. The largest absolute Gasteiger partial charge is 0.488 e. The zero-order chi connectivity index (χ0) is 36.8. The molecule has 3 atom stereocenters. The summed E-state index contributed by atoms with van der Waals surface area (Å²) in [5.41, 5.74) is 2.84. The minimum Gasteiger partial charge on any atom is -0.488 e. The van der Waals surface area contributed by atoms with E-state index in [2.05, 4.69) is 11.8 Å². The van der Waals surface area contributed by atoms with Crippen LogP contribution in [0.1, 0.15) is 83.3 Å². The summed E-state index contributed by atoms with van der Waals surface area (Å²) in [6.07, 6.45) is 0.337. The maximum atomic E-state index is 14.7. The van der Waals surface area contributed by atoms with Crippen LogP contribution in [0.15, 0.2) is 42.6 Å². The molecular formula is C39H47F2N3O7. The van der Waals surface area contributed by atoms with Gasteiger partial charge in [-0.1, -0.05) is 18.2 Å². The van der Waals surface area contributed by atoms with Crippen LogP contribution in [0.4, 0.5) is 14.6 Å². The number of anilines is 1. The Hall–Kier alpha value is -4.10. The zero-order valence-electron chi connectivity index (χ0n) is 30.3. The van der Waals surface area contributed by atoms with Crippen molar-refractivity contribution >= 4 is 17.4 Å². The normalized spacial score (nSPS) is 21.3. The Balaban J connectivity index is 1.61. The number of aliphatic hydroxyl groups excluding tert-OH is 1. The number of nitrogens with zero attached hydrogens (tertiary/aromatic N) is 3. The highest BCUT2D eigenvalue weighted by molar-refractivity contribution is 5.82. The van der Waals surface area contributed by atoms with Gasteiger partial charge in [-0.2, -0.15) is 0 Å². The molecule has 6 bridgehead atoms. The van der Waals surface area contributed by atoms with Crippen molar-refractivity contribution < 1.29 is 42.7 Å². The number of pyridine rings is 1. The summed E-state index contributed by atoms with van der Waals surface area (Å²) < 4.78 is 55.7. The van der Waals surface area contributed by atoms with Crippen LogP contribution in [0.5, 0.6) is 5.75 Å². The van der Waals surface area contributed by atoms with Gasteiger partial charge < -0.3 is 34.1 Å². The predicted octanol–water partition coefficient (Wildman–Crippen LogP) is 7.42. The fourth-order valence-corrected chi connectivity index (χ4v) is 7.08. The number of aliphatic carboxylic acids is 1. The molecule has 7 rings (SSSR count). The van der Waals surface area contributed by atoms with Gasteiger partial charge in [-0.25, -0.2) is 18.6 Å². The standard InChI is InChI=1S/C39H47F2N3O7/c1-22-21-48-15-16-49-39(7)11-13-43(14-12-39)36-33(34(37(46)47)51-38(4,5)6)23(2)32(24(3)45)35-42-30(20-44(35)36)26-10-8-9-25(17-26)27-18-28(40)29(41)19-31(27)50-22/h8-10,17-20,22,24,34,45H,11-16,21H2,1-7H3,(H,46,47)/t22-,24?,34-/m0/s1. The highest BCUT2D eigenvalue weighted by Gasteiger charge is 2.38. The van der Waals surface area contributed by atoms with Gasteiger partial charge in [0.25, 0.3) is 0 Å². The van der Waals surface area contributed by atoms with Crippen molar-refractivity contribution in [2.24, 2.45) is 0 Å². The Morgan fingerprint density at radius 2 is 1.76 bits per heavy atom. The average Bonchev–Trinajstić information content (AvgIpc) is 3.49. The van der Waals surface area contributed by atoms with E-state index in [0.29, 0.717) is 89.7 Å². The van der Waals surface area contributed by atoms with Gasteiger partial charge in [0, 0.05) is 47.6 Å². The number of hydrogen-bond donors (Lipinski definition) is 2. The number of carboxylic acids is 1. The predicted molar refractivity (Wildman–Crippen MR) is 189 cm³/mol. The topological polar surface area (TPSA) is 115 Å². The van der Waals surface area contributed by atoms with Gasteiger partial charge >= 0.3 is 5.97 Å². The van der Waals surface area contributed by atoms with Crippen molar-refractivity contribution in [2.45, 2.75) is 90.8 Å². The van der Waals surface area contributed by atoms with E-state index >= 15 is 0 Å². The molecule has 0 spiro atoms. The molecule has 1 unspecified atom stereocenters. The molecule has 2 aromatic carbocycles. The molecule has 5 heterocycles.